The topological polar surface area (TPSA) is 65.6 Å². The lowest BCUT2D eigenvalue weighted by Gasteiger charge is -2.12. The molecule has 4 nitrogen and oxygen atoms in total. The first-order chi connectivity index (χ1) is 10.1. The molecule has 0 radical (unpaired) electrons. The zero-order valence-electron chi connectivity index (χ0n) is 12.5. The van der Waals surface area contributed by atoms with Gasteiger partial charge >= 0.3 is 0 Å². The van der Waals surface area contributed by atoms with Crippen molar-refractivity contribution in [2.75, 3.05) is 6.61 Å². The quantitative estimate of drug-likeness (QED) is 0.733. The molecule has 0 unspecified atom stereocenters. The number of aliphatic hydroxyl groups is 2. The van der Waals surface area contributed by atoms with Crippen LogP contribution < -0.4 is 5.32 Å². The van der Waals surface area contributed by atoms with Gasteiger partial charge in [-0.25, -0.2) is 0 Å². The van der Waals surface area contributed by atoms with Crippen LogP contribution in [-0.4, -0.2) is 22.9 Å². The summed E-state index contributed by atoms with van der Waals surface area (Å²) >= 11 is 0. The zero-order valence-corrected chi connectivity index (χ0v) is 12.5. The van der Waals surface area contributed by atoms with E-state index in [2.05, 4.69) is 5.32 Å². The molecule has 2 atom stereocenters. The molecule has 4 heteroatoms. The maximum Gasteiger partial charge on any atom is 0.134 e. The smallest absolute Gasteiger partial charge is 0.134 e. The Hall–Kier alpha value is -1.62. The molecular formula is C17H23NO3. The molecule has 21 heavy (non-hydrogen) atoms. The van der Waals surface area contributed by atoms with E-state index in [4.69, 9.17) is 9.52 Å². The summed E-state index contributed by atoms with van der Waals surface area (Å²) in [6, 6.07) is 11.7. The number of furan rings is 1. The Morgan fingerprint density at radius 1 is 1.14 bits per heavy atom. The maximum atomic E-state index is 9.51. The third kappa shape index (κ3) is 4.17. The van der Waals surface area contributed by atoms with Crippen LogP contribution in [0.2, 0.25) is 0 Å². The first kappa shape index (κ1) is 15.8. The van der Waals surface area contributed by atoms with E-state index in [1.54, 1.807) is 6.92 Å². The molecule has 0 amide bonds. The normalized spacial score (nSPS) is 14.1. The summed E-state index contributed by atoms with van der Waals surface area (Å²) in [5.74, 6) is 1.65. The lowest BCUT2D eigenvalue weighted by Crippen LogP contribution is -2.30. The van der Waals surface area contributed by atoms with Gasteiger partial charge in [-0.05, 0) is 31.0 Å². The molecule has 1 aromatic heterocycles. The van der Waals surface area contributed by atoms with E-state index in [1.165, 1.54) is 0 Å². The molecule has 0 saturated heterocycles. The van der Waals surface area contributed by atoms with Gasteiger partial charge in [-0.15, -0.1) is 0 Å². The van der Waals surface area contributed by atoms with E-state index < -0.39 is 6.10 Å². The molecular weight excluding hydrogens is 266 g/mol. The van der Waals surface area contributed by atoms with Crippen molar-refractivity contribution < 1.29 is 14.6 Å². The van der Waals surface area contributed by atoms with Gasteiger partial charge in [-0.3, -0.25) is 0 Å². The molecule has 0 aliphatic heterocycles. The van der Waals surface area contributed by atoms with E-state index in [1.807, 2.05) is 43.3 Å². The molecule has 2 aromatic rings. The highest BCUT2D eigenvalue weighted by molar-refractivity contribution is 5.58. The van der Waals surface area contributed by atoms with Gasteiger partial charge in [-0.2, -0.15) is 0 Å². The third-order valence-corrected chi connectivity index (χ3v) is 3.62. The Morgan fingerprint density at radius 2 is 1.86 bits per heavy atom. The minimum Gasteiger partial charge on any atom is -0.460 e. The zero-order chi connectivity index (χ0) is 15.2. The van der Waals surface area contributed by atoms with Crippen molar-refractivity contribution in [3.8, 4) is 11.3 Å². The van der Waals surface area contributed by atoms with Crippen molar-refractivity contribution in [3.63, 3.8) is 0 Å². The fourth-order valence-corrected chi connectivity index (χ4v) is 2.14. The fourth-order valence-electron chi connectivity index (χ4n) is 2.14. The second-order valence-electron chi connectivity index (χ2n) is 5.23. The second-order valence-corrected chi connectivity index (χ2v) is 5.23. The van der Waals surface area contributed by atoms with Crippen molar-refractivity contribution >= 4 is 0 Å². The van der Waals surface area contributed by atoms with Crippen LogP contribution in [0.25, 0.3) is 11.3 Å². The lowest BCUT2D eigenvalue weighted by atomic mass is 10.1. The van der Waals surface area contributed by atoms with Crippen LogP contribution in [0.5, 0.6) is 0 Å². The molecule has 0 aliphatic carbocycles. The number of benzene rings is 1. The summed E-state index contributed by atoms with van der Waals surface area (Å²) < 4.78 is 5.80. The van der Waals surface area contributed by atoms with E-state index >= 15 is 0 Å². The highest BCUT2D eigenvalue weighted by Crippen LogP contribution is 2.24. The lowest BCUT2D eigenvalue weighted by molar-refractivity contribution is 0.199. The van der Waals surface area contributed by atoms with Gasteiger partial charge in [0, 0.05) is 11.6 Å². The van der Waals surface area contributed by atoms with E-state index in [-0.39, 0.29) is 12.6 Å². The van der Waals surface area contributed by atoms with Gasteiger partial charge in [0.1, 0.15) is 11.5 Å². The molecule has 1 heterocycles. The van der Waals surface area contributed by atoms with E-state index in [0.29, 0.717) is 6.54 Å². The Kier molecular flexibility index (Phi) is 5.56. The number of hydrogen-bond acceptors (Lipinski definition) is 4. The monoisotopic (exact) mass is 289 g/mol. The first-order valence-corrected chi connectivity index (χ1v) is 7.35. The molecule has 0 saturated carbocycles. The van der Waals surface area contributed by atoms with E-state index in [0.717, 1.165) is 29.1 Å². The summed E-state index contributed by atoms with van der Waals surface area (Å²) in [7, 11) is 0. The predicted molar refractivity (Wildman–Crippen MR) is 82.8 cm³/mol. The van der Waals surface area contributed by atoms with Gasteiger partial charge in [0.15, 0.2) is 0 Å². The summed E-state index contributed by atoms with van der Waals surface area (Å²) in [6.07, 6.45) is 0.421. The maximum absolute atomic E-state index is 9.51. The second kappa shape index (κ2) is 7.41. The fraction of sp³-hybridized carbons (Fsp3) is 0.412. The van der Waals surface area contributed by atoms with Crippen molar-refractivity contribution in [3.05, 3.63) is 47.7 Å². The van der Waals surface area contributed by atoms with Crippen LogP contribution in [0.15, 0.2) is 40.8 Å². The third-order valence-electron chi connectivity index (χ3n) is 3.62. The van der Waals surface area contributed by atoms with Gasteiger partial charge < -0.3 is 19.9 Å². The van der Waals surface area contributed by atoms with Crippen LogP contribution in [0.4, 0.5) is 0 Å². The molecule has 0 bridgehead atoms. The molecule has 0 spiro atoms. The van der Waals surface area contributed by atoms with Crippen molar-refractivity contribution in [2.24, 2.45) is 0 Å². The minimum absolute atomic E-state index is 0.101. The van der Waals surface area contributed by atoms with Crippen LogP contribution in [-0.2, 0) is 6.54 Å². The largest absolute Gasteiger partial charge is 0.460 e. The average Bonchev–Trinajstić information content (AvgIpc) is 2.97. The van der Waals surface area contributed by atoms with Gasteiger partial charge in [-0.1, -0.05) is 31.2 Å². The predicted octanol–water partition coefficient (Wildman–Crippen LogP) is 2.86. The van der Waals surface area contributed by atoms with E-state index in [9.17, 15) is 5.11 Å². The van der Waals surface area contributed by atoms with Crippen molar-refractivity contribution in [1.29, 1.82) is 0 Å². The number of rotatable bonds is 7. The Bertz CT molecular complexity index is 541. The molecule has 1 aromatic carbocycles. The Balaban J connectivity index is 2.02. The number of aliphatic hydroxyl groups excluding tert-OH is 2. The molecule has 114 valence electrons. The molecule has 0 aliphatic rings. The van der Waals surface area contributed by atoms with Crippen LogP contribution in [0, 0.1) is 0 Å². The summed E-state index contributed by atoms with van der Waals surface area (Å²) in [6.45, 7) is 4.51. The molecule has 3 N–H and O–H groups in total. The Labute approximate surface area is 125 Å². The standard InChI is InChI=1S/C17H23NO3/c1-3-15(11-19)18-10-16-8-9-17(21-16)14-6-4-13(5-7-14)12(2)20/h4-9,12,15,18-20H,3,10-11H2,1-2H3/t12-,15+/m0/s1. The Morgan fingerprint density at radius 3 is 2.43 bits per heavy atom. The highest BCUT2D eigenvalue weighted by atomic mass is 16.3. The van der Waals surface area contributed by atoms with Crippen LogP contribution in [0.1, 0.15) is 37.7 Å². The molecule has 0 fully saturated rings. The first-order valence-electron chi connectivity index (χ1n) is 7.35. The van der Waals surface area contributed by atoms with Crippen molar-refractivity contribution in [2.45, 2.75) is 39.0 Å². The van der Waals surface area contributed by atoms with Crippen LogP contribution in [0.3, 0.4) is 0 Å². The average molecular weight is 289 g/mol. The number of nitrogens with one attached hydrogen (secondary N) is 1. The minimum atomic E-state index is -0.458. The summed E-state index contributed by atoms with van der Waals surface area (Å²) in [5, 5.41) is 21.9. The van der Waals surface area contributed by atoms with Gasteiger partial charge in [0.05, 0.1) is 19.3 Å². The van der Waals surface area contributed by atoms with Gasteiger partial charge in [0.2, 0.25) is 0 Å². The molecule has 2 rings (SSSR count). The summed E-state index contributed by atoms with van der Waals surface area (Å²) in [5.41, 5.74) is 1.88. The number of hydrogen-bond donors (Lipinski definition) is 3. The van der Waals surface area contributed by atoms with Crippen LogP contribution >= 0.6 is 0 Å². The highest BCUT2D eigenvalue weighted by Gasteiger charge is 2.08. The SMILES string of the molecule is CC[C@H](CO)NCc1ccc(-c2ccc([C@H](C)O)cc2)o1. The van der Waals surface area contributed by atoms with Crippen molar-refractivity contribution in [1.82, 2.24) is 5.32 Å². The van der Waals surface area contributed by atoms with Gasteiger partial charge in [0.25, 0.3) is 0 Å². The summed E-state index contributed by atoms with van der Waals surface area (Å²) in [4.78, 5) is 0.